The fourth-order valence-corrected chi connectivity index (χ4v) is 7.05. The third kappa shape index (κ3) is 3.39. The lowest BCUT2D eigenvalue weighted by Crippen LogP contribution is -2.48. The van der Waals surface area contributed by atoms with Gasteiger partial charge in [0, 0.05) is 31.6 Å². The molecular formula is C23H33FO4. The lowest BCUT2D eigenvalue weighted by molar-refractivity contribution is -0.155. The van der Waals surface area contributed by atoms with Crippen LogP contribution in [0.2, 0.25) is 0 Å². The molecule has 2 fully saturated rings. The molecular weight excluding hydrogens is 359 g/mol. The first-order chi connectivity index (χ1) is 13.3. The molecule has 0 aliphatic heterocycles. The molecule has 4 aliphatic carbocycles. The average Bonchev–Trinajstić information content (AvgIpc) is 2.95. The van der Waals surface area contributed by atoms with Crippen LogP contribution in [-0.2, 0) is 19.1 Å². The maximum absolute atomic E-state index is 14.2. The largest absolute Gasteiger partial charge is 0.465 e. The first-order valence-corrected chi connectivity index (χ1v) is 11.0. The second-order valence-corrected chi connectivity index (χ2v) is 9.72. The quantitative estimate of drug-likeness (QED) is 0.513. The van der Waals surface area contributed by atoms with Gasteiger partial charge in [-0.15, -0.1) is 0 Å². The Morgan fingerprint density at radius 1 is 1.11 bits per heavy atom. The van der Waals surface area contributed by atoms with Crippen molar-refractivity contribution < 1.29 is 23.5 Å². The molecule has 0 unspecified atom stereocenters. The zero-order valence-electron chi connectivity index (χ0n) is 17.3. The van der Waals surface area contributed by atoms with Gasteiger partial charge in [-0.2, -0.15) is 0 Å². The monoisotopic (exact) mass is 392 g/mol. The predicted octanol–water partition coefficient (Wildman–Crippen LogP) is 4.76. The molecule has 28 heavy (non-hydrogen) atoms. The average molecular weight is 393 g/mol. The van der Waals surface area contributed by atoms with Crippen LogP contribution >= 0.6 is 0 Å². The number of allylic oxidation sites excluding steroid dienone is 1. The highest BCUT2D eigenvalue weighted by Crippen LogP contribution is 2.62. The molecule has 0 aromatic carbocycles. The van der Waals surface area contributed by atoms with Crippen molar-refractivity contribution in [2.75, 3.05) is 6.61 Å². The van der Waals surface area contributed by atoms with Crippen molar-refractivity contribution in [3.63, 3.8) is 0 Å². The number of carbonyl (C=O) groups excluding carboxylic acids is 2. The number of fused-ring (bicyclic) bond motifs is 4. The molecule has 0 bridgehead atoms. The molecule has 0 amide bonds. The summed E-state index contributed by atoms with van der Waals surface area (Å²) in [5.74, 6) is 1.28. The summed E-state index contributed by atoms with van der Waals surface area (Å²) < 4.78 is 25.3. The van der Waals surface area contributed by atoms with E-state index in [1.807, 2.05) is 0 Å². The molecule has 156 valence electrons. The zero-order chi connectivity index (χ0) is 20.1. The van der Waals surface area contributed by atoms with Crippen molar-refractivity contribution in [1.29, 1.82) is 0 Å². The van der Waals surface area contributed by atoms with Crippen LogP contribution in [0.3, 0.4) is 0 Å². The third-order valence-electron chi connectivity index (χ3n) is 8.22. The minimum atomic E-state index is -0.760. The van der Waals surface area contributed by atoms with Crippen LogP contribution < -0.4 is 0 Å². The fourth-order valence-electron chi connectivity index (χ4n) is 7.05. The molecule has 5 heteroatoms. The number of carbonyl (C=O) groups is 2. The summed E-state index contributed by atoms with van der Waals surface area (Å²) in [6.07, 6.45) is 6.42. The molecule has 4 rings (SSSR count). The predicted molar refractivity (Wildman–Crippen MR) is 103 cm³/mol. The van der Waals surface area contributed by atoms with Gasteiger partial charge in [0.2, 0.25) is 0 Å². The molecule has 4 aliphatic rings. The van der Waals surface area contributed by atoms with E-state index in [2.05, 4.69) is 6.92 Å². The molecule has 0 aromatic heterocycles. The zero-order valence-corrected chi connectivity index (χ0v) is 17.3. The van der Waals surface area contributed by atoms with E-state index in [0.29, 0.717) is 37.2 Å². The van der Waals surface area contributed by atoms with Gasteiger partial charge < -0.3 is 9.47 Å². The van der Waals surface area contributed by atoms with Crippen molar-refractivity contribution >= 4 is 11.9 Å². The summed E-state index contributed by atoms with van der Waals surface area (Å²) in [6.45, 7) is 5.63. The van der Waals surface area contributed by atoms with Crippen LogP contribution in [0.1, 0.15) is 72.1 Å². The van der Waals surface area contributed by atoms with Crippen LogP contribution in [0, 0.1) is 29.1 Å². The Labute approximate surface area is 167 Å². The van der Waals surface area contributed by atoms with E-state index >= 15 is 0 Å². The highest BCUT2D eigenvalue weighted by molar-refractivity contribution is 5.66. The minimum Gasteiger partial charge on any atom is -0.465 e. The van der Waals surface area contributed by atoms with E-state index in [-0.39, 0.29) is 29.4 Å². The molecule has 0 spiro atoms. The number of halogens is 1. The Morgan fingerprint density at radius 3 is 2.61 bits per heavy atom. The van der Waals surface area contributed by atoms with Gasteiger partial charge in [-0.25, -0.2) is 4.39 Å². The molecule has 0 N–H and O–H groups in total. The summed E-state index contributed by atoms with van der Waals surface area (Å²) >= 11 is 0. The Hall–Kier alpha value is -1.39. The number of rotatable bonds is 3. The van der Waals surface area contributed by atoms with E-state index in [4.69, 9.17) is 9.47 Å². The molecule has 0 saturated heterocycles. The summed E-state index contributed by atoms with van der Waals surface area (Å²) in [5.41, 5.74) is 2.76. The van der Waals surface area contributed by atoms with Crippen LogP contribution in [0.25, 0.3) is 0 Å². The van der Waals surface area contributed by atoms with Gasteiger partial charge >= 0.3 is 11.9 Å². The Kier molecular flexibility index (Phi) is 5.30. The van der Waals surface area contributed by atoms with Gasteiger partial charge in [0.1, 0.15) is 12.3 Å². The minimum absolute atomic E-state index is 0.0137. The highest BCUT2D eigenvalue weighted by Gasteiger charge is 2.57. The Balaban J connectivity index is 1.62. The number of hydrogen-bond acceptors (Lipinski definition) is 4. The fraction of sp³-hybridized carbons (Fsp3) is 0.826. The van der Waals surface area contributed by atoms with E-state index < -0.39 is 6.17 Å². The molecule has 0 radical (unpaired) electrons. The van der Waals surface area contributed by atoms with Crippen LogP contribution in [0.4, 0.5) is 4.39 Å². The SMILES string of the molecule is CC(=O)OC[C@@H]1C[C@@H]2[C@H](CC[C@]3(C)[C@@H](OC(C)=O)CC[C@@H]23)C2=C1C[C@@H](F)CC2. The maximum Gasteiger partial charge on any atom is 0.302 e. The molecule has 4 nitrogen and oxygen atoms in total. The highest BCUT2D eigenvalue weighted by atomic mass is 19.1. The molecule has 2 saturated carbocycles. The van der Waals surface area contributed by atoms with Crippen LogP contribution in [0.5, 0.6) is 0 Å². The first kappa shape index (κ1) is 19.9. The van der Waals surface area contributed by atoms with Crippen molar-refractivity contribution in [2.45, 2.75) is 84.4 Å². The normalized spacial score (nSPS) is 42.3. The van der Waals surface area contributed by atoms with Gasteiger partial charge in [-0.05, 0) is 62.7 Å². The number of hydrogen-bond donors (Lipinski definition) is 0. The topological polar surface area (TPSA) is 52.6 Å². The lowest BCUT2D eigenvalue weighted by Gasteiger charge is -2.53. The Morgan fingerprint density at radius 2 is 1.89 bits per heavy atom. The van der Waals surface area contributed by atoms with Gasteiger partial charge in [0.15, 0.2) is 0 Å². The molecule has 0 heterocycles. The Bertz CT molecular complexity index is 686. The summed E-state index contributed by atoms with van der Waals surface area (Å²) in [6, 6.07) is 0. The number of ether oxygens (including phenoxy) is 2. The second-order valence-electron chi connectivity index (χ2n) is 9.72. The first-order valence-electron chi connectivity index (χ1n) is 11.0. The second kappa shape index (κ2) is 7.46. The molecule has 0 aromatic rings. The van der Waals surface area contributed by atoms with Crippen molar-refractivity contribution in [2.24, 2.45) is 29.1 Å². The van der Waals surface area contributed by atoms with Crippen molar-refractivity contribution in [3.05, 3.63) is 11.1 Å². The summed E-state index contributed by atoms with van der Waals surface area (Å²) in [5, 5.41) is 0. The van der Waals surface area contributed by atoms with E-state index in [9.17, 15) is 14.0 Å². The number of alkyl halides is 1. The van der Waals surface area contributed by atoms with Gasteiger partial charge in [-0.3, -0.25) is 9.59 Å². The van der Waals surface area contributed by atoms with E-state index in [1.54, 1.807) is 0 Å². The smallest absolute Gasteiger partial charge is 0.302 e. The summed E-state index contributed by atoms with van der Waals surface area (Å²) in [4.78, 5) is 23.0. The van der Waals surface area contributed by atoms with Gasteiger partial charge in [0.05, 0.1) is 6.61 Å². The van der Waals surface area contributed by atoms with Gasteiger partial charge in [0.25, 0.3) is 0 Å². The lowest BCUT2D eigenvalue weighted by atomic mass is 9.52. The summed E-state index contributed by atoms with van der Waals surface area (Å²) in [7, 11) is 0. The number of esters is 2. The van der Waals surface area contributed by atoms with Crippen molar-refractivity contribution in [3.8, 4) is 0 Å². The van der Waals surface area contributed by atoms with Crippen molar-refractivity contribution in [1.82, 2.24) is 0 Å². The van der Waals surface area contributed by atoms with E-state index in [1.165, 1.54) is 25.0 Å². The maximum atomic E-state index is 14.2. The van der Waals surface area contributed by atoms with E-state index in [0.717, 1.165) is 38.5 Å². The standard InChI is InChI=1S/C23H33FO4/c1-13(25)27-12-15-10-20-18(17-5-4-16(24)11-19(15)17)8-9-23(3)21(20)6-7-22(23)28-14(2)26/h15-16,18,20-22H,4-12H2,1-3H3/t15-,16-,18+,20+,21-,22-,23-/m0/s1. The van der Waals surface area contributed by atoms with Crippen LogP contribution in [-0.4, -0.2) is 30.8 Å². The van der Waals surface area contributed by atoms with Gasteiger partial charge in [-0.1, -0.05) is 18.1 Å². The molecule has 7 atom stereocenters. The van der Waals surface area contributed by atoms with Crippen LogP contribution in [0.15, 0.2) is 11.1 Å². The third-order valence-corrected chi connectivity index (χ3v) is 8.22.